The molecule has 0 bridgehead atoms. The Kier molecular flexibility index (Phi) is 4.55. The summed E-state index contributed by atoms with van der Waals surface area (Å²) in [5.41, 5.74) is -0.0361. The monoisotopic (exact) mass is 297 g/mol. The maximum Gasteiger partial charge on any atom is 0.308 e. The average molecular weight is 297 g/mol. The molecule has 2 atom stereocenters. The lowest BCUT2D eigenvalue weighted by Gasteiger charge is -2.36. The number of carbonyl (C=O) groups excluding carboxylic acids is 1. The van der Waals surface area contributed by atoms with Crippen LogP contribution in [0.3, 0.4) is 0 Å². The largest absolute Gasteiger partial charge is 0.481 e. The second-order valence-corrected chi connectivity index (χ2v) is 5.35. The van der Waals surface area contributed by atoms with E-state index < -0.39 is 24.2 Å². The molecule has 2 unspecified atom stereocenters. The fourth-order valence-corrected chi connectivity index (χ4v) is 2.56. The van der Waals surface area contributed by atoms with Crippen LogP contribution in [-0.4, -0.2) is 34.5 Å². The van der Waals surface area contributed by atoms with Crippen LogP contribution in [0.1, 0.15) is 42.1 Å². The highest BCUT2D eigenvalue weighted by molar-refractivity contribution is 5.95. The van der Waals surface area contributed by atoms with E-state index in [1.807, 2.05) is 6.92 Å². The van der Waals surface area contributed by atoms with E-state index in [-0.39, 0.29) is 23.7 Å². The highest BCUT2D eigenvalue weighted by Crippen LogP contribution is 2.25. The van der Waals surface area contributed by atoms with E-state index in [4.69, 9.17) is 5.11 Å². The van der Waals surface area contributed by atoms with Gasteiger partial charge in [-0.1, -0.05) is 12.1 Å². The number of carboxylic acids is 1. The molecular formula is C15H17F2NO3. The van der Waals surface area contributed by atoms with Gasteiger partial charge in [0.1, 0.15) is 0 Å². The van der Waals surface area contributed by atoms with Crippen molar-refractivity contribution in [3.05, 3.63) is 35.4 Å². The molecule has 0 radical (unpaired) electrons. The molecule has 1 N–H and O–H groups in total. The van der Waals surface area contributed by atoms with E-state index in [1.165, 1.54) is 29.2 Å². The molecule has 1 aliphatic heterocycles. The number of aliphatic carboxylic acids is 1. The van der Waals surface area contributed by atoms with Crippen LogP contribution in [0.5, 0.6) is 0 Å². The van der Waals surface area contributed by atoms with Gasteiger partial charge < -0.3 is 10.0 Å². The van der Waals surface area contributed by atoms with Gasteiger partial charge in [-0.05, 0) is 31.9 Å². The molecule has 21 heavy (non-hydrogen) atoms. The Labute approximate surface area is 121 Å². The number of benzene rings is 1. The first-order valence-corrected chi connectivity index (χ1v) is 6.82. The van der Waals surface area contributed by atoms with Gasteiger partial charge >= 0.3 is 5.97 Å². The summed E-state index contributed by atoms with van der Waals surface area (Å²) in [6, 6.07) is 5.23. The van der Waals surface area contributed by atoms with Gasteiger partial charge in [-0.3, -0.25) is 9.59 Å². The fraction of sp³-hybridized carbons (Fsp3) is 0.467. The van der Waals surface area contributed by atoms with Crippen LogP contribution < -0.4 is 0 Å². The molecule has 0 spiro atoms. The smallest absolute Gasteiger partial charge is 0.308 e. The maximum atomic E-state index is 12.7. The Morgan fingerprint density at radius 1 is 1.33 bits per heavy atom. The first-order valence-electron chi connectivity index (χ1n) is 6.82. The molecule has 1 saturated heterocycles. The highest BCUT2D eigenvalue weighted by Gasteiger charge is 2.33. The average Bonchev–Trinajstić information content (AvgIpc) is 2.47. The molecule has 1 fully saturated rings. The molecular weight excluding hydrogens is 280 g/mol. The van der Waals surface area contributed by atoms with Crippen molar-refractivity contribution >= 4 is 11.9 Å². The van der Waals surface area contributed by atoms with Crippen molar-refractivity contribution in [2.24, 2.45) is 5.92 Å². The summed E-state index contributed by atoms with van der Waals surface area (Å²) >= 11 is 0. The second-order valence-electron chi connectivity index (χ2n) is 5.35. The molecule has 4 nitrogen and oxygen atoms in total. The van der Waals surface area contributed by atoms with E-state index in [2.05, 4.69) is 0 Å². The summed E-state index contributed by atoms with van der Waals surface area (Å²) in [6.45, 7) is 1.96. The normalized spacial score (nSPS) is 22.4. The van der Waals surface area contributed by atoms with Crippen LogP contribution in [0.15, 0.2) is 24.3 Å². The van der Waals surface area contributed by atoms with E-state index in [1.54, 1.807) is 0 Å². The molecule has 1 aromatic rings. The van der Waals surface area contributed by atoms with Gasteiger partial charge in [-0.25, -0.2) is 8.78 Å². The highest BCUT2D eigenvalue weighted by atomic mass is 19.3. The predicted molar refractivity (Wildman–Crippen MR) is 72.3 cm³/mol. The summed E-state index contributed by atoms with van der Waals surface area (Å²) in [7, 11) is 0. The van der Waals surface area contributed by atoms with Crippen molar-refractivity contribution in [2.45, 2.75) is 32.2 Å². The lowest BCUT2D eigenvalue weighted by Crippen LogP contribution is -2.47. The van der Waals surface area contributed by atoms with Crippen molar-refractivity contribution in [3.63, 3.8) is 0 Å². The molecule has 1 amide bonds. The number of carbonyl (C=O) groups is 2. The second kappa shape index (κ2) is 6.20. The molecule has 1 aromatic carbocycles. The predicted octanol–water partition coefficient (Wildman–Crippen LogP) is 2.95. The SMILES string of the molecule is CC1CCC(C(=O)O)CN1C(=O)c1cccc(C(F)F)c1. The van der Waals surface area contributed by atoms with Crippen LogP contribution in [0.25, 0.3) is 0 Å². The summed E-state index contributed by atoms with van der Waals surface area (Å²) in [6.07, 6.45) is -1.52. The lowest BCUT2D eigenvalue weighted by molar-refractivity contribution is -0.143. The maximum absolute atomic E-state index is 12.7. The van der Waals surface area contributed by atoms with Gasteiger partial charge in [0.25, 0.3) is 12.3 Å². The van der Waals surface area contributed by atoms with Gasteiger partial charge in [0.2, 0.25) is 0 Å². The van der Waals surface area contributed by atoms with Crippen LogP contribution in [-0.2, 0) is 4.79 Å². The zero-order valence-corrected chi connectivity index (χ0v) is 11.6. The number of nitrogens with zero attached hydrogens (tertiary/aromatic N) is 1. The third-order valence-electron chi connectivity index (χ3n) is 3.88. The number of rotatable bonds is 3. The standard InChI is InChI=1S/C15H17F2NO3/c1-9-5-6-12(15(20)21)8-18(9)14(19)11-4-2-3-10(7-11)13(16)17/h2-4,7,9,12-13H,5-6,8H2,1H3,(H,20,21). The van der Waals surface area contributed by atoms with Crippen LogP contribution in [0, 0.1) is 5.92 Å². The fourth-order valence-electron chi connectivity index (χ4n) is 2.56. The van der Waals surface area contributed by atoms with Crippen molar-refractivity contribution in [1.82, 2.24) is 4.90 Å². The first-order chi connectivity index (χ1) is 9.90. The number of carboxylic acid groups (broad SMARTS) is 1. The molecule has 6 heteroatoms. The number of amides is 1. The van der Waals surface area contributed by atoms with Crippen molar-refractivity contribution in [1.29, 1.82) is 0 Å². The van der Waals surface area contributed by atoms with Gasteiger partial charge in [-0.2, -0.15) is 0 Å². The third kappa shape index (κ3) is 3.37. The van der Waals surface area contributed by atoms with Gasteiger partial charge in [-0.15, -0.1) is 0 Å². The van der Waals surface area contributed by atoms with Gasteiger partial charge in [0, 0.05) is 23.7 Å². The molecule has 0 saturated carbocycles. The number of likely N-dealkylation sites (tertiary alicyclic amines) is 1. The van der Waals surface area contributed by atoms with Crippen molar-refractivity contribution in [3.8, 4) is 0 Å². The summed E-state index contributed by atoms with van der Waals surface area (Å²) in [4.78, 5) is 25.0. The van der Waals surface area contributed by atoms with Crippen LogP contribution >= 0.6 is 0 Å². The molecule has 114 valence electrons. The summed E-state index contributed by atoms with van der Waals surface area (Å²) in [5.74, 6) is -1.92. The number of alkyl halides is 2. The number of halogens is 2. The topological polar surface area (TPSA) is 57.6 Å². The first kappa shape index (κ1) is 15.4. The third-order valence-corrected chi connectivity index (χ3v) is 3.88. The van der Waals surface area contributed by atoms with Crippen molar-refractivity contribution < 1.29 is 23.5 Å². The molecule has 1 aliphatic rings. The molecule has 2 rings (SSSR count). The number of hydrogen-bond acceptors (Lipinski definition) is 2. The van der Waals surface area contributed by atoms with Crippen LogP contribution in [0.4, 0.5) is 8.78 Å². The van der Waals surface area contributed by atoms with E-state index in [0.717, 1.165) is 0 Å². The summed E-state index contributed by atoms with van der Waals surface area (Å²) < 4.78 is 25.4. The summed E-state index contributed by atoms with van der Waals surface area (Å²) in [5, 5.41) is 9.07. The number of piperidine rings is 1. The van der Waals surface area contributed by atoms with E-state index in [9.17, 15) is 18.4 Å². The van der Waals surface area contributed by atoms with Gasteiger partial charge in [0.05, 0.1) is 5.92 Å². The zero-order chi connectivity index (χ0) is 15.6. The molecule has 0 aromatic heterocycles. The minimum absolute atomic E-state index is 0.0942. The zero-order valence-electron chi connectivity index (χ0n) is 11.6. The molecule has 1 heterocycles. The quantitative estimate of drug-likeness (QED) is 0.933. The Morgan fingerprint density at radius 3 is 2.67 bits per heavy atom. The molecule has 0 aliphatic carbocycles. The minimum atomic E-state index is -2.64. The number of hydrogen-bond donors (Lipinski definition) is 1. The van der Waals surface area contributed by atoms with Crippen LogP contribution in [0.2, 0.25) is 0 Å². The Morgan fingerprint density at radius 2 is 2.05 bits per heavy atom. The van der Waals surface area contributed by atoms with Crippen molar-refractivity contribution in [2.75, 3.05) is 6.54 Å². The Bertz CT molecular complexity index is 547. The minimum Gasteiger partial charge on any atom is -0.481 e. The lowest BCUT2D eigenvalue weighted by atomic mass is 9.93. The van der Waals surface area contributed by atoms with E-state index in [0.29, 0.717) is 12.8 Å². The Hall–Kier alpha value is -1.98. The van der Waals surface area contributed by atoms with E-state index >= 15 is 0 Å². The Balaban J connectivity index is 2.21. The van der Waals surface area contributed by atoms with Gasteiger partial charge in [0.15, 0.2) is 0 Å².